The van der Waals surface area contributed by atoms with Gasteiger partial charge in [0, 0.05) is 0 Å². The predicted octanol–water partition coefficient (Wildman–Crippen LogP) is 4.97. The van der Waals surface area contributed by atoms with E-state index in [0.29, 0.717) is 0 Å². The minimum atomic E-state index is 1.21. The van der Waals surface area contributed by atoms with Crippen LogP contribution in [0.15, 0.2) is 18.2 Å². The molecule has 0 saturated carbocycles. The Morgan fingerprint density at radius 3 is 2.19 bits per heavy atom. The topological polar surface area (TPSA) is 0 Å². The molecule has 0 unspecified atom stereocenters. The van der Waals surface area contributed by atoms with E-state index in [-0.39, 0.29) is 0 Å². The summed E-state index contributed by atoms with van der Waals surface area (Å²) in [6, 6.07) is 12.1. The summed E-state index contributed by atoms with van der Waals surface area (Å²) in [4.78, 5) is 0. The molecule has 0 amide bonds. The van der Waals surface area contributed by atoms with Crippen LogP contribution in [0.2, 0.25) is 0 Å². The fourth-order valence-corrected chi connectivity index (χ4v) is 2.00. The molecule has 0 saturated heterocycles. The molecule has 0 fully saturated rings. The summed E-state index contributed by atoms with van der Waals surface area (Å²) in [6.45, 7) is 2.27. The summed E-state index contributed by atoms with van der Waals surface area (Å²) in [5.41, 5.74) is 1.41. The summed E-state index contributed by atoms with van der Waals surface area (Å²) in [6.07, 6.45) is 12.4. The van der Waals surface area contributed by atoms with E-state index in [0.717, 1.165) is 0 Å². The zero-order valence-electron chi connectivity index (χ0n) is 10.6. The third-order valence-corrected chi connectivity index (χ3v) is 3.04. The van der Waals surface area contributed by atoms with Gasteiger partial charge in [0.1, 0.15) is 0 Å². The van der Waals surface area contributed by atoms with Gasteiger partial charge in [0.15, 0.2) is 0 Å². The Balaban J connectivity index is 1.89. The number of hydrogen-bond donors (Lipinski definition) is 0. The molecule has 0 aliphatic heterocycles. The van der Waals surface area contributed by atoms with Crippen molar-refractivity contribution in [3.8, 4) is 0 Å². The van der Waals surface area contributed by atoms with Gasteiger partial charge >= 0.3 is 0 Å². The quantitative estimate of drug-likeness (QED) is 0.511. The van der Waals surface area contributed by atoms with Crippen LogP contribution in [-0.4, -0.2) is 0 Å². The lowest BCUT2D eigenvalue weighted by Crippen LogP contribution is -1.86. The number of aryl methyl sites for hydroxylation is 1. The Kier molecular flexibility index (Phi) is 7.84. The number of rotatable bonds is 9. The Labute approximate surface area is 101 Å². The van der Waals surface area contributed by atoms with E-state index in [4.69, 9.17) is 0 Å². The summed E-state index contributed by atoms with van der Waals surface area (Å²) < 4.78 is 0. The van der Waals surface area contributed by atoms with Crippen molar-refractivity contribution in [1.29, 1.82) is 0 Å². The van der Waals surface area contributed by atoms with Crippen molar-refractivity contribution in [3.63, 3.8) is 0 Å². The lowest BCUT2D eigenvalue weighted by molar-refractivity contribution is 0.575. The summed E-state index contributed by atoms with van der Waals surface area (Å²) in [7, 11) is 0. The molecular formula is C16H24. The molecule has 1 aromatic carbocycles. The molecular weight excluding hydrogens is 192 g/mol. The fraction of sp³-hybridized carbons (Fsp3) is 0.625. The van der Waals surface area contributed by atoms with Gasteiger partial charge in [-0.1, -0.05) is 70.1 Å². The van der Waals surface area contributed by atoms with E-state index in [1.54, 1.807) is 0 Å². The highest BCUT2D eigenvalue weighted by Gasteiger charge is 1.93. The van der Waals surface area contributed by atoms with Crippen LogP contribution in [0.5, 0.6) is 0 Å². The highest BCUT2D eigenvalue weighted by Crippen LogP contribution is 2.10. The van der Waals surface area contributed by atoms with Crippen LogP contribution in [0.4, 0.5) is 0 Å². The molecule has 0 nitrogen and oxygen atoms in total. The molecule has 16 heavy (non-hydrogen) atoms. The zero-order chi connectivity index (χ0) is 11.5. The average molecular weight is 216 g/mol. The Morgan fingerprint density at radius 2 is 1.56 bits per heavy atom. The van der Waals surface area contributed by atoms with E-state index >= 15 is 0 Å². The first-order chi connectivity index (χ1) is 7.93. The average Bonchev–Trinajstić information content (AvgIpc) is 2.34. The molecule has 1 rings (SSSR count). The first-order valence-electron chi connectivity index (χ1n) is 6.80. The maximum absolute atomic E-state index is 3.01. The lowest BCUT2D eigenvalue weighted by atomic mass is 10.0. The molecule has 0 N–H and O–H groups in total. The first kappa shape index (κ1) is 13.3. The minimum Gasteiger partial charge on any atom is -0.0654 e. The van der Waals surface area contributed by atoms with E-state index in [1.807, 2.05) is 6.07 Å². The van der Waals surface area contributed by atoms with Gasteiger partial charge in [-0.05, 0) is 30.5 Å². The van der Waals surface area contributed by atoms with Gasteiger partial charge in [0.2, 0.25) is 0 Å². The van der Waals surface area contributed by atoms with Crippen LogP contribution in [0.1, 0.15) is 63.9 Å². The Morgan fingerprint density at radius 1 is 0.875 bits per heavy atom. The van der Waals surface area contributed by atoms with Crippen LogP contribution in [0, 0.1) is 12.1 Å². The molecule has 0 atom stereocenters. The normalized spacial score (nSPS) is 10.6. The Bertz CT molecular complexity index is 237. The third kappa shape index (κ3) is 6.66. The molecule has 0 spiro atoms. The number of hydrogen-bond acceptors (Lipinski definition) is 0. The molecule has 2 radical (unpaired) electrons. The van der Waals surface area contributed by atoms with Crippen LogP contribution < -0.4 is 0 Å². The van der Waals surface area contributed by atoms with Gasteiger partial charge < -0.3 is 0 Å². The van der Waals surface area contributed by atoms with Gasteiger partial charge in [-0.2, -0.15) is 0 Å². The third-order valence-electron chi connectivity index (χ3n) is 3.04. The monoisotopic (exact) mass is 216 g/mol. The minimum absolute atomic E-state index is 1.21. The van der Waals surface area contributed by atoms with E-state index in [9.17, 15) is 0 Å². The second-order valence-corrected chi connectivity index (χ2v) is 4.57. The summed E-state index contributed by atoms with van der Waals surface area (Å²) >= 11 is 0. The largest absolute Gasteiger partial charge is 0.0654 e. The summed E-state index contributed by atoms with van der Waals surface area (Å²) in [5.74, 6) is 0. The Hall–Kier alpha value is -0.780. The van der Waals surface area contributed by atoms with Gasteiger partial charge in [0.25, 0.3) is 0 Å². The molecule has 0 heteroatoms. The molecule has 0 heterocycles. The van der Waals surface area contributed by atoms with Crippen molar-refractivity contribution in [2.24, 2.45) is 0 Å². The first-order valence-corrected chi connectivity index (χ1v) is 6.80. The van der Waals surface area contributed by atoms with Crippen molar-refractivity contribution in [3.05, 3.63) is 35.9 Å². The second-order valence-electron chi connectivity index (χ2n) is 4.57. The lowest BCUT2D eigenvalue weighted by Gasteiger charge is -2.02. The van der Waals surface area contributed by atoms with Crippen LogP contribution in [0.3, 0.4) is 0 Å². The van der Waals surface area contributed by atoms with Gasteiger partial charge in [-0.25, -0.2) is 0 Å². The molecule has 88 valence electrons. The maximum Gasteiger partial charge on any atom is -0.00961 e. The fourth-order valence-electron chi connectivity index (χ4n) is 2.00. The molecule has 0 aromatic heterocycles. The molecule has 0 aliphatic carbocycles. The van der Waals surface area contributed by atoms with Gasteiger partial charge in [-0.15, -0.1) is 0 Å². The van der Waals surface area contributed by atoms with Crippen LogP contribution >= 0.6 is 0 Å². The van der Waals surface area contributed by atoms with Gasteiger partial charge in [0.05, 0.1) is 0 Å². The van der Waals surface area contributed by atoms with E-state index in [2.05, 4.69) is 31.2 Å². The van der Waals surface area contributed by atoms with Gasteiger partial charge in [-0.3, -0.25) is 0 Å². The summed E-state index contributed by atoms with van der Waals surface area (Å²) in [5, 5.41) is 0. The van der Waals surface area contributed by atoms with E-state index in [1.165, 1.54) is 63.4 Å². The van der Waals surface area contributed by atoms with Crippen molar-refractivity contribution in [2.75, 3.05) is 0 Å². The van der Waals surface area contributed by atoms with Crippen molar-refractivity contribution >= 4 is 0 Å². The van der Waals surface area contributed by atoms with Crippen LogP contribution in [-0.2, 0) is 6.42 Å². The van der Waals surface area contributed by atoms with Crippen molar-refractivity contribution < 1.29 is 0 Å². The second kappa shape index (κ2) is 9.45. The van der Waals surface area contributed by atoms with Crippen molar-refractivity contribution in [2.45, 2.75) is 64.7 Å². The SMILES string of the molecule is CCCCCCCCCCc1c[c][c]cc1. The molecule has 0 bridgehead atoms. The predicted molar refractivity (Wildman–Crippen MR) is 70.4 cm³/mol. The number of unbranched alkanes of at least 4 members (excludes halogenated alkanes) is 7. The number of benzene rings is 1. The molecule has 0 aliphatic rings. The highest BCUT2D eigenvalue weighted by molar-refractivity contribution is 5.12. The zero-order valence-corrected chi connectivity index (χ0v) is 10.6. The van der Waals surface area contributed by atoms with Crippen LogP contribution in [0.25, 0.3) is 0 Å². The maximum atomic E-state index is 3.01. The standard InChI is InChI=1S/C16H24/c1-2-3-4-5-6-7-8-10-13-16-14-11-9-12-15-16/h11,14-15H,2-8,10,13H2,1H3. The molecule has 1 aromatic rings. The van der Waals surface area contributed by atoms with Crippen molar-refractivity contribution in [1.82, 2.24) is 0 Å². The smallest absolute Gasteiger partial charge is 0.00961 e. The highest BCUT2D eigenvalue weighted by atomic mass is 14.0. The van der Waals surface area contributed by atoms with E-state index < -0.39 is 0 Å².